The first kappa shape index (κ1) is 46.1. The maximum Gasteiger partial charge on any atom is 0.187 e. The monoisotopic (exact) mass is 886 g/mol. The number of ketones is 1. The maximum absolute atomic E-state index is 14.5. The lowest BCUT2D eigenvalue weighted by atomic mass is 9.44. The van der Waals surface area contributed by atoms with Crippen molar-refractivity contribution in [3.8, 4) is 0 Å². The van der Waals surface area contributed by atoms with Crippen molar-refractivity contribution in [3.63, 3.8) is 0 Å². The van der Waals surface area contributed by atoms with Gasteiger partial charge in [-0.2, -0.15) is 0 Å². The van der Waals surface area contributed by atoms with Crippen molar-refractivity contribution >= 4 is 5.78 Å². The lowest BCUT2D eigenvalue weighted by Crippen LogP contribution is -2.65. The van der Waals surface area contributed by atoms with Crippen LogP contribution < -0.4 is 0 Å². The molecule has 5 aliphatic heterocycles. The van der Waals surface area contributed by atoms with Crippen LogP contribution in [0.5, 0.6) is 0 Å². The predicted octanol–water partition coefficient (Wildman–Crippen LogP) is -0.915. The van der Waals surface area contributed by atoms with Crippen LogP contribution in [-0.2, 0) is 42.7 Å². The van der Waals surface area contributed by atoms with E-state index < -0.39 is 111 Å². The number of fused-ring (bicyclic) bond motifs is 7. The molecule has 26 atom stereocenters. The number of hydrogen-bond acceptors (Lipinski definition) is 18. The quantitative estimate of drug-likeness (QED) is 0.133. The standard InChI is InChI=1S/C44H70O18/c1-18-5-10-44(57-15-18)19(2)30-27(62-44)13-23-21-12-25(46)24-11-20(6-8-42(24,3)22(21)7-9-43(23,30)4)58-41-37(54)38(61-40-36(53)34(51)32(49)28(14-45)59-40)33(50)29(60-41)17-56-39-35(52)31(48)26(47)16-55-39/h18-24,26-41,45,47-54H,5-17H2,1-4H3/t18-,19+,20+,21-,22+,23+,24-,26+,27+,28-,29-,30+,31+,32-,33-,34+,35-,36-,37-,38+,39+,40+,41-,42-,43+,44-/m1/s1. The normalized spacial score (nSPS) is 57.8. The highest BCUT2D eigenvalue weighted by molar-refractivity contribution is 5.83. The van der Waals surface area contributed by atoms with E-state index in [1.807, 2.05) is 0 Å². The van der Waals surface area contributed by atoms with Crippen LogP contribution >= 0.6 is 0 Å². The summed E-state index contributed by atoms with van der Waals surface area (Å²) >= 11 is 0. The molecule has 1 spiro atoms. The van der Waals surface area contributed by atoms with E-state index in [1.54, 1.807) is 0 Å². The molecular formula is C44H70O18. The van der Waals surface area contributed by atoms with E-state index in [-0.39, 0.29) is 47.1 Å². The van der Waals surface area contributed by atoms with Gasteiger partial charge in [-0.25, -0.2) is 0 Å². The van der Waals surface area contributed by atoms with Crippen LogP contribution in [-0.4, -0.2) is 182 Å². The summed E-state index contributed by atoms with van der Waals surface area (Å²) < 4.78 is 48.6. The Labute approximate surface area is 362 Å². The largest absolute Gasteiger partial charge is 0.394 e. The molecule has 0 aromatic heterocycles. The smallest absolute Gasteiger partial charge is 0.187 e. The lowest BCUT2D eigenvalue weighted by Gasteiger charge is -2.60. The van der Waals surface area contributed by atoms with Gasteiger partial charge in [-0.1, -0.05) is 27.7 Å². The number of carbonyl (C=O) groups excluding carboxylic acids is 1. The van der Waals surface area contributed by atoms with E-state index in [9.17, 15) is 50.8 Å². The fraction of sp³-hybridized carbons (Fsp3) is 0.977. The Morgan fingerprint density at radius 3 is 2.15 bits per heavy atom. The Balaban J connectivity index is 0.890. The molecule has 5 heterocycles. The van der Waals surface area contributed by atoms with Gasteiger partial charge in [-0.3, -0.25) is 4.79 Å². The molecule has 0 aromatic carbocycles. The zero-order chi connectivity index (χ0) is 44.2. The van der Waals surface area contributed by atoms with Gasteiger partial charge in [0.25, 0.3) is 0 Å². The van der Waals surface area contributed by atoms with Gasteiger partial charge in [0.05, 0.1) is 38.6 Å². The van der Waals surface area contributed by atoms with Gasteiger partial charge in [0.15, 0.2) is 24.7 Å². The molecule has 0 aromatic rings. The average Bonchev–Trinajstić information content (AvgIpc) is 3.70. The fourth-order valence-electron chi connectivity index (χ4n) is 14.1. The van der Waals surface area contributed by atoms with E-state index in [1.165, 1.54) is 0 Å². The third-order valence-electron chi connectivity index (χ3n) is 17.7. The molecule has 9 fully saturated rings. The Morgan fingerprint density at radius 1 is 0.710 bits per heavy atom. The molecular weight excluding hydrogens is 816 g/mol. The summed E-state index contributed by atoms with van der Waals surface area (Å²) in [4.78, 5) is 14.5. The Kier molecular flexibility index (Phi) is 12.8. The Morgan fingerprint density at radius 2 is 1.42 bits per heavy atom. The van der Waals surface area contributed by atoms with Gasteiger partial charge < -0.3 is 83.9 Å². The maximum atomic E-state index is 14.5. The molecule has 4 aliphatic carbocycles. The van der Waals surface area contributed by atoms with Crippen LogP contribution in [0.2, 0.25) is 0 Å². The number of aliphatic hydroxyl groups excluding tert-OH is 9. The number of carbonyl (C=O) groups is 1. The van der Waals surface area contributed by atoms with Crippen LogP contribution in [0, 0.1) is 52.3 Å². The van der Waals surface area contributed by atoms with E-state index in [2.05, 4.69) is 27.7 Å². The predicted molar refractivity (Wildman–Crippen MR) is 210 cm³/mol. The van der Waals surface area contributed by atoms with Crippen LogP contribution in [0.1, 0.15) is 85.5 Å². The number of hydrogen-bond donors (Lipinski definition) is 9. The molecule has 0 unspecified atom stereocenters. The van der Waals surface area contributed by atoms with Crippen molar-refractivity contribution in [2.24, 2.45) is 52.3 Å². The van der Waals surface area contributed by atoms with Crippen LogP contribution in [0.15, 0.2) is 0 Å². The van der Waals surface area contributed by atoms with Gasteiger partial charge in [0, 0.05) is 24.7 Å². The number of aliphatic hydroxyl groups is 9. The van der Waals surface area contributed by atoms with Crippen molar-refractivity contribution in [3.05, 3.63) is 0 Å². The van der Waals surface area contributed by atoms with Crippen molar-refractivity contribution in [1.29, 1.82) is 0 Å². The first-order chi connectivity index (χ1) is 29.4. The summed E-state index contributed by atoms with van der Waals surface area (Å²) in [6, 6.07) is 0. The second-order valence-electron chi connectivity index (χ2n) is 21.1. The summed E-state index contributed by atoms with van der Waals surface area (Å²) in [7, 11) is 0. The molecule has 0 amide bonds. The van der Waals surface area contributed by atoms with Crippen molar-refractivity contribution < 1.29 is 88.6 Å². The minimum absolute atomic E-state index is 0.0563. The van der Waals surface area contributed by atoms with E-state index in [0.717, 1.165) is 38.7 Å². The van der Waals surface area contributed by atoms with Crippen LogP contribution in [0.3, 0.4) is 0 Å². The second kappa shape index (κ2) is 17.3. The molecule has 9 N–H and O–H groups in total. The van der Waals surface area contributed by atoms with Gasteiger partial charge in [-0.05, 0) is 85.4 Å². The van der Waals surface area contributed by atoms with E-state index in [4.69, 9.17) is 37.9 Å². The van der Waals surface area contributed by atoms with Crippen LogP contribution in [0.25, 0.3) is 0 Å². The molecule has 0 radical (unpaired) electrons. The van der Waals surface area contributed by atoms with Crippen molar-refractivity contribution in [2.75, 3.05) is 26.4 Å². The van der Waals surface area contributed by atoms with Crippen molar-refractivity contribution in [1.82, 2.24) is 0 Å². The zero-order valence-corrected chi connectivity index (χ0v) is 36.2. The van der Waals surface area contributed by atoms with E-state index >= 15 is 0 Å². The molecule has 62 heavy (non-hydrogen) atoms. The highest BCUT2D eigenvalue weighted by Gasteiger charge is 2.70. The van der Waals surface area contributed by atoms with E-state index in [0.29, 0.717) is 49.4 Å². The highest BCUT2D eigenvalue weighted by Crippen LogP contribution is 2.71. The van der Waals surface area contributed by atoms with Gasteiger partial charge in [0.2, 0.25) is 0 Å². The molecule has 0 bridgehead atoms. The topological polar surface area (TPSA) is 273 Å². The SMILES string of the molecule is C[C@@H]1CC[C@@]2(OC1)O[C@H]1C[C@H]3[C@@H]4CC(=O)[C@H]5C[C@@H](O[C@@H]6O[C@H](CO[C@@H]7OC[C@H](O)[C@H](O)[C@H]7O)[C@@H](O)[C@H](O[C@@H]7O[C@H](CO)[C@@H](O)[C@H](O)[C@H]7O)[C@H]6O)CC[C@]5(C)[C@H]4CC[C@]3(C)[C@H]1[C@@H]2C. The first-order valence-corrected chi connectivity index (χ1v) is 23.2. The minimum atomic E-state index is -1.84. The summed E-state index contributed by atoms with van der Waals surface area (Å²) in [5, 5.41) is 95.1. The summed E-state index contributed by atoms with van der Waals surface area (Å²) in [6.45, 7) is 8.44. The molecule has 4 saturated carbocycles. The zero-order valence-electron chi connectivity index (χ0n) is 36.2. The number of Topliss-reactive ketones (excluding diaryl/α,β-unsaturated/α-hetero) is 1. The fourth-order valence-corrected chi connectivity index (χ4v) is 14.1. The summed E-state index contributed by atoms with van der Waals surface area (Å²) in [6.07, 6.45) is -15.4. The first-order valence-electron chi connectivity index (χ1n) is 23.2. The summed E-state index contributed by atoms with van der Waals surface area (Å²) in [5.74, 6) is 1.60. The Hall–Kier alpha value is -1.01. The summed E-state index contributed by atoms with van der Waals surface area (Å²) in [5.41, 5.74) is -0.206. The van der Waals surface area contributed by atoms with Crippen molar-refractivity contribution in [2.45, 2.75) is 189 Å². The number of ether oxygens (including phenoxy) is 8. The van der Waals surface area contributed by atoms with Gasteiger partial charge >= 0.3 is 0 Å². The Bertz CT molecular complexity index is 1600. The van der Waals surface area contributed by atoms with Gasteiger partial charge in [0.1, 0.15) is 72.9 Å². The molecule has 5 saturated heterocycles. The minimum Gasteiger partial charge on any atom is -0.394 e. The average molecular weight is 887 g/mol. The lowest BCUT2D eigenvalue weighted by molar-refractivity contribution is -0.369. The third kappa shape index (κ3) is 7.56. The highest BCUT2D eigenvalue weighted by atomic mass is 16.8. The van der Waals surface area contributed by atoms with Gasteiger partial charge in [-0.15, -0.1) is 0 Å². The third-order valence-corrected chi connectivity index (χ3v) is 17.7. The number of rotatable bonds is 8. The molecule has 354 valence electrons. The molecule has 9 rings (SSSR count). The van der Waals surface area contributed by atoms with Crippen LogP contribution in [0.4, 0.5) is 0 Å². The molecule has 18 nitrogen and oxygen atoms in total. The molecule has 18 heteroatoms. The molecule has 9 aliphatic rings. The second-order valence-corrected chi connectivity index (χ2v) is 21.1.